The Morgan fingerprint density at radius 1 is 1.28 bits per heavy atom. The van der Waals surface area contributed by atoms with E-state index in [9.17, 15) is 9.18 Å². The predicted molar refractivity (Wildman–Crippen MR) is 74.6 cm³/mol. The van der Waals surface area contributed by atoms with Crippen molar-refractivity contribution in [2.24, 2.45) is 0 Å². The second kappa shape index (κ2) is 5.21. The number of hydrogen-bond acceptors (Lipinski definition) is 1. The van der Waals surface area contributed by atoms with E-state index in [1.165, 1.54) is 6.92 Å². The number of ketones is 1. The Morgan fingerprint density at radius 3 is 2.67 bits per heavy atom. The molecule has 0 unspecified atom stereocenters. The molecule has 0 spiro atoms. The molecule has 0 saturated heterocycles. The van der Waals surface area contributed by atoms with E-state index in [-0.39, 0.29) is 10.8 Å². The molecule has 0 atom stereocenters. The van der Waals surface area contributed by atoms with Crippen LogP contribution in [0.25, 0.3) is 11.1 Å². The lowest BCUT2D eigenvalue weighted by Gasteiger charge is -2.07. The van der Waals surface area contributed by atoms with E-state index in [4.69, 9.17) is 11.6 Å². The summed E-state index contributed by atoms with van der Waals surface area (Å²) in [6.45, 7) is 1.48. The Labute approximate surface area is 118 Å². The quantitative estimate of drug-likeness (QED) is 0.553. The minimum Gasteiger partial charge on any atom is -0.295 e. The van der Waals surface area contributed by atoms with Crippen LogP contribution in [0.5, 0.6) is 0 Å². The summed E-state index contributed by atoms with van der Waals surface area (Å²) < 4.78 is 14.5. The summed E-state index contributed by atoms with van der Waals surface area (Å²) in [6, 6.07) is 10.1. The fraction of sp³-hybridized carbons (Fsp3) is 0.0714. The zero-order chi connectivity index (χ0) is 13.3. The molecule has 0 aliphatic heterocycles. The van der Waals surface area contributed by atoms with Gasteiger partial charge in [0.25, 0.3) is 0 Å². The third kappa shape index (κ3) is 2.47. The SMILES string of the molecule is CC(=O)c1cccc(-c2ccc(Br)c(Cl)c2F)c1. The van der Waals surface area contributed by atoms with Gasteiger partial charge in [-0.1, -0.05) is 35.9 Å². The average Bonchev–Trinajstić information content (AvgIpc) is 2.36. The molecule has 0 N–H and O–H groups in total. The number of carbonyl (C=O) groups excluding carboxylic acids is 1. The first-order chi connectivity index (χ1) is 8.50. The maximum Gasteiger partial charge on any atom is 0.159 e. The van der Waals surface area contributed by atoms with Crippen LogP contribution in [-0.4, -0.2) is 5.78 Å². The minimum atomic E-state index is -0.494. The smallest absolute Gasteiger partial charge is 0.159 e. The Bertz CT molecular complexity index is 625. The van der Waals surface area contributed by atoms with Crippen molar-refractivity contribution in [3.05, 3.63) is 57.3 Å². The van der Waals surface area contributed by atoms with Crippen molar-refractivity contribution >= 4 is 33.3 Å². The van der Waals surface area contributed by atoms with Crippen molar-refractivity contribution in [1.82, 2.24) is 0 Å². The Morgan fingerprint density at radius 2 is 2.00 bits per heavy atom. The molecule has 2 aromatic carbocycles. The van der Waals surface area contributed by atoms with Crippen molar-refractivity contribution < 1.29 is 9.18 Å². The summed E-state index contributed by atoms with van der Waals surface area (Å²) >= 11 is 9.01. The average molecular weight is 328 g/mol. The summed E-state index contributed by atoms with van der Waals surface area (Å²) in [5.74, 6) is -0.549. The second-order valence-corrected chi connectivity index (χ2v) is 5.09. The summed E-state index contributed by atoms with van der Waals surface area (Å²) in [5.41, 5.74) is 1.56. The second-order valence-electron chi connectivity index (χ2n) is 3.86. The topological polar surface area (TPSA) is 17.1 Å². The van der Waals surface area contributed by atoms with Crippen LogP contribution in [-0.2, 0) is 0 Å². The number of Topliss-reactive ketones (excluding diaryl/α,β-unsaturated/α-hetero) is 1. The standard InChI is InChI=1S/C14H9BrClFO/c1-8(18)9-3-2-4-10(7-9)11-5-6-12(15)13(16)14(11)17/h2-7H,1H3. The van der Waals surface area contributed by atoms with Gasteiger partial charge in [0.05, 0.1) is 5.02 Å². The maximum atomic E-state index is 14.0. The highest BCUT2D eigenvalue weighted by atomic mass is 79.9. The van der Waals surface area contributed by atoms with E-state index in [0.29, 0.717) is 21.2 Å². The largest absolute Gasteiger partial charge is 0.295 e. The van der Waals surface area contributed by atoms with E-state index in [0.717, 1.165) is 0 Å². The van der Waals surface area contributed by atoms with Gasteiger partial charge in [0, 0.05) is 15.6 Å². The molecule has 0 bridgehead atoms. The van der Waals surface area contributed by atoms with Crippen molar-refractivity contribution in [1.29, 1.82) is 0 Å². The lowest BCUT2D eigenvalue weighted by atomic mass is 10.0. The van der Waals surface area contributed by atoms with Gasteiger partial charge in [-0.25, -0.2) is 4.39 Å². The summed E-state index contributed by atoms with van der Waals surface area (Å²) in [6.07, 6.45) is 0. The normalized spacial score (nSPS) is 10.4. The van der Waals surface area contributed by atoms with Crippen molar-refractivity contribution in [2.45, 2.75) is 6.92 Å². The number of rotatable bonds is 2. The van der Waals surface area contributed by atoms with Crippen LogP contribution in [0.2, 0.25) is 5.02 Å². The number of hydrogen-bond donors (Lipinski definition) is 0. The molecule has 2 rings (SSSR count). The van der Waals surface area contributed by atoms with Crippen LogP contribution in [0.4, 0.5) is 4.39 Å². The molecule has 0 aliphatic carbocycles. The maximum absolute atomic E-state index is 14.0. The first-order valence-corrected chi connectivity index (χ1v) is 6.42. The molecule has 0 amide bonds. The molecule has 4 heteroatoms. The number of carbonyl (C=O) groups is 1. The molecule has 0 fully saturated rings. The van der Waals surface area contributed by atoms with Gasteiger partial charge in [0.15, 0.2) is 11.6 Å². The van der Waals surface area contributed by atoms with Gasteiger partial charge in [-0.2, -0.15) is 0 Å². The summed E-state index contributed by atoms with van der Waals surface area (Å²) in [7, 11) is 0. The van der Waals surface area contributed by atoms with E-state index >= 15 is 0 Å². The van der Waals surface area contributed by atoms with Crippen molar-refractivity contribution in [3.8, 4) is 11.1 Å². The van der Waals surface area contributed by atoms with E-state index in [2.05, 4.69) is 15.9 Å². The van der Waals surface area contributed by atoms with Crippen molar-refractivity contribution in [2.75, 3.05) is 0 Å². The van der Waals surface area contributed by atoms with Gasteiger partial charge >= 0.3 is 0 Å². The van der Waals surface area contributed by atoms with Gasteiger partial charge in [0.2, 0.25) is 0 Å². The van der Waals surface area contributed by atoms with Crippen LogP contribution in [0.15, 0.2) is 40.9 Å². The zero-order valence-electron chi connectivity index (χ0n) is 9.51. The lowest BCUT2D eigenvalue weighted by Crippen LogP contribution is -1.93. The van der Waals surface area contributed by atoms with E-state index < -0.39 is 5.82 Å². The summed E-state index contributed by atoms with van der Waals surface area (Å²) in [4.78, 5) is 11.3. The van der Waals surface area contributed by atoms with Gasteiger partial charge in [-0.05, 0) is 40.5 Å². The zero-order valence-corrected chi connectivity index (χ0v) is 11.8. The molecule has 0 radical (unpaired) electrons. The Hall–Kier alpha value is -1.19. The predicted octanol–water partition coefficient (Wildman–Crippen LogP) is 5.11. The molecule has 1 nitrogen and oxygen atoms in total. The van der Waals surface area contributed by atoms with Crippen LogP contribution in [0.1, 0.15) is 17.3 Å². The molecule has 0 aromatic heterocycles. The molecular formula is C14H9BrClFO. The minimum absolute atomic E-state index is 0.0423. The van der Waals surface area contributed by atoms with Crippen LogP contribution < -0.4 is 0 Å². The fourth-order valence-corrected chi connectivity index (χ4v) is 2.13. The molecular weight excluding hydrogens is 319 g/mol. The molecule has 18 heavy (non-hydrogen) atoms. The van der Waals surface area contributed by atoms with Crippen LogP contribution >= 0.6 is 27.5 Å². The third-order valence-electron chi connectivity index (χ3n) is 2.62. The molecule has 0 heterocycles. The monoisotopic (exact) mass is 326 g/mol. The van der Waals surface area contributed by atoms with Gasteiger partial charge in [0.1, 0.15) is 0 Å². The Kier molecular flexibility index (Phi) is 3.83. The molecule has 0 saturated carbocycles. The summed E-state index contributed by atoms with van der Waals surface area (Å²) in [5, 5.41) is 0.0423. The molecule has 0 aliphatic rings. The van der Waals surface area contributed by atoms with Gasteiger partial charge < -0.3 is 0 Å². The lowest BCUT2D eigenvalue weighted by molar-refractivity contribution is 0.101. The first kappa shape index (κ1) is 13.2. The molecule has 92 valence electrons. The fourth-order valence-electron chi connectivity index (χ4n) is 1.65. The van der Waals surface area contributed by atoms with E-state index in [1.807, 2.05) is 0 Å². The van der Waals surface area contributed by atoms with Crippen molar-refractivity contribution in [3.63, 3.8) is 0 Å². The number of halogens is 3. The first-order valence-electron chi connectivity index (χ1n) is 5.25. The van der Waals surface area contributed by atoms with Crippen LogP contribution in [0, 0.1) is 5.82 Å². The molecule has 2 aromatic rings. The highest BCUT2D eigenvalue weighted by molar-refractivity contribution is 9.10. The van der Waals surface area contributed by atoms with Crippen LogP contribution in [0.3, 0.4) is 0 Å². The highest BCUT2D eigenvalue weighted by Crippen LogP contribution is 2.33. The Balaban J connectivity index is 2.59. The van der Waals surface area contributed by atoms with E-state index in [1.54, 1.807) is 36.4 Å². The van der Waals surface area contributed by atoms with Gasteiger partial charge in [-0.3, -0.25) is 4.79 Å². The third-order valence-corrected chi connectivity index (χ3v) is 3.87. The number of benzene rings is 2. The highest BCUT2D eigenvalue weighted by Gasteiger charge is 2.12. The van der Waals surface area contributed by atoms with Gasteiger partial charge in [-0.15, -0.1) is 0 Å².